The van der Waals surface area contributed by atoms with Crippen LogP contribution in [0.1, 0.15) is 32.6 Å². The van der Waals surface area contributed by atoms with Gasteiger partial charge in [0.15, 0.2) is 0 Å². The first kappa shape index (κ1) is 11.4. The maximum Gasteiger partial charge on any atom is 0.242 e. The van der Waals surface area contributed by atoms with E-state index in [4.69, 9.17) is 5.73 Å². The van der Waals surface area contributed by atoms with Gasteiger partial charge in [0.25, 0.3) is 0 Å². The van der Waals surface area contributed by atoms with Gasteiger partial charge in [-0.3, -0.25) is 9.59 Å². The number of nitrogens with zero attached hydrogens (tertiary/aromatic N) is 1. The Morgan fingerprint density at radius 3 is 2.88 bits per heavy atom. The van der Waals surface area contributed by atoms with Crippen molar-refractivity contribution in [3.8, 4) is 0 Å². The van der Waals surface area contributed by atoms with E-state index < -0.39 is 0 Å². The molecule has 1 aliphatic carbocycles. The molecule has 1 atom stereocenters. The highest BCUT2D eigenvalue weighted by molar-refractivity contribution is 5.88. The highest BCUT2D eigenvalue weighted by Crippen LogP contribution is 2.32. The first-order valence-electron chi connectivity index (χ1n) is 5.88. The van der Waals surface area contributed by atoms with Crippen LogP contribution in [-0.4, -0.2) is 41.4 Å². The fourth-order valence-corrected chi connectivity index (χ4v) is 2.33. The van der Waals surface area contributed by atoms with E-state index in [0.29, 0.717) is 19.5 Å². The van der Waals surface area contributed by atoms with Crippen LogP contribution >= 0.6 is 0 Å². The Kier molecular flexibility index (Phi) is 2.88. The molecule has 5 nitrogen and oxygen atoms in total. The van der Waals surface area contributed by atoms with Crippen LogP contribution in [-0.2, 0) is 9.59 Å². The molecule has 0 bridgehead atoms. The smallest absolute Gasteiger partial charge is 0.242 e. The van der Waals surface area contributed by atoms with Gasteiger partial charge in [0.05, 0.1) is 0 Å². The van der Waals surface area contributed by atoms with E-state index in [-0.39, 0.29) is 23.4 Å². The van der Waals surface area contributed by atoms with Crippen molar-refractivity contribution in [2.45, 2.75) is 44.2 Å². The molecule has 0 radical (unpaired) electrons. The molecule has 1 aliphatic heterocycles. The Morgan fingerprint density at radius 2 is 2.31 bits per heavy atom. The summed E-state index contributed by atoms with van der Waals surface area (Å²) in [4.78, 5) is 25.1. The number of nitrogens with one attached hydrogen (secondary N) is 1. The van der Waals surface area contributed by atoms with E-state index in [1.54, 1.807) is 11.8 Å². The van der Waals surface area contributed by atoms with Crippen molar-refractivity contribution >= 4 is 11.8 Å². The molecule has 0 spiro atoms. The zero-order chi connectivity index (χ0) is 11.8. The highest BCUT2D eigenvalue weighted by atomic mass is 16.2. The number of hydrogen-bond acceptors (Lipinski definition) is 3. The summed E-state index contributed by atoms with van der Waals surface area (Å²) in [7, 11) is 0. The lowest BCUT2D eigenvalue weighted by Crippen LogP contribution is -2.58. The molecule has 5 heteroatoms. The van der Waals surface area contributed by atoms with Crippen LogP contribution in [0.5, 0.6) is 0 Å². The van der Waals surface area contributed by atoms with Crippen LogP contribution in [0, 0.1) is 0 Å². The fourth-order valence-electron chi connectivity index (χ4n) is 2.33. The lowest BCUT2D eigenvalue weighted by Gasteiger charge is -2.40. The number of rotatable bonds is 2. The van der Waals surface area contributed by atoms with Crippen LogP contribution < -0.4 is 11.1 Å². The van der Waals surface area contributed by atoms with Crippen LogP contribution in [0.4, 0.5) is 0 Å². The molecule has 0 aromatic rings. The number of amides is 2. The maximum atomic E-state index is 12.0. The third kappa shape index (κ3) is 2.04. The van der Waals surface area contributed by atoms with Crippen molar-refractivity contribution in [3.63, 3.8) is 0 Å². The molecule has 3 N–H and O–H groups in total. The van der Waals surface area contributed by atoms with Gasteiger partial charge in [0.1, 0.15) is 6.04 Å². The number of nitrogens with two attached hydrogens (primary N) is 1. The van der Waals surface area contributed by atoms with Crippen molar-refractivity contribution in [2.24, 2.45) is 5.73 Å². The monoisotopic (exact) mass is 225 g/mol. The van der Waals surface area contributed by atoms with Crippen molar-refractivity contribution in [1.29, 1.82) is 0 Å². The summed E-state index contributed by atoms with van der Waals surface area (Å²) < 4.78 is 0. The molecule has 2 aliphatic rings. The summed E-state index contributed by atoms with van der Waals surface area (Å²) in [5, 5.41) is 2.74. The molecule has 1 saturated carbocycles. The van der Waals surface area contributed by atoms with Gasteiger partial charge < -0.3 is 16.0 Å². The normalized spacial score (nSPS) is 28.2. The van der Waals surface area contributed by atoms with Gasteiger partial charge in [-0.25, -0.2) is 0 Å². The van der Waals surface area contributed by atoms with E-state index in [9.17, 15) is 9.59 Å². The van der Waals surface area contributed by atoms with Gasteiger partial charge in [-0.2, -0.15) is 0 Å². The van der Waals surface area contributed by atoms with Crippen molar-refractivity contribution < 1.29 is 9.59 Å². The third-order valence-corrected chi connectivity index (χ3v) is 3.67. The quantitative estimate of drug-likeness (QED) is 0.671. The van der Waals surface area contributed by atoms with Crippen molar-refractivity contribution in [2.75, 3.05) is 13.1 Å². The number of carbonyl (C=O) groups excluding carboxylic acids is 2. The van der Waals surface area contributed by atoms with Crippen LogP contribution in [0.2, 0.25) is 0 Å². The molecular weight excluding hydrogens is 206 g/mol. The Morgan fingerprint density at radius 1 is 1.62 bits per heavy atom. The van der Waals surface area contributed by atoms with Gasteiger partial charge in [-0.15, -0.1) is 0 Å². The Balaban J connectivity index is 1.95. The summed E-state index contributed by atoms with van der Waals surface area (Å²) in [6.45, 7) is 2.91. The molecule has 1 unspecified atom stereocenters. The summed E-state index contributed by atoms with van der Waals surface area (Å²) >= 11 is 0. The maximum absolute atomic E-state index is 12.0. The largest absolute Gasteiger partial charge is 0.353 e. The molecule has 90 valence electrons. The minimum Gasteiger partial charge on any atom is -0.353 e. The zero-order valence-electron chi connectivity index (χ0n) is 9.66. The van der Waals surface area contributed by atoms with Crippen LogP contribution in [0.3, 0.4) is 0 Å². The number of carbonyl (C=O) groups is 2. The van der Waals surface area contributed by atoms with Gasteiger partial charge in [-0.1, -0.05) is 0 Å². The molecule has 2 amide bonds. The number of piperazine rings is 1. The average Bonchev–Trinajstić information content (AvgIpc) is 2.19. The minimum absolute atomic E-state index is 0.0181. The van der Waals surface area contributed by atoms with Crippen molar-refractivity contribution in [3.05, 3.63) is 0 Å². The predicted octanol–water partition coefficient (Wildman–Crippen LogP) is -0.395. The predicted molar refractivity (Wildman–Crippen MR) is 59.6 cm³/mol. The van der Waals surface area contributed by atoms with E-state index in [0.717, 1.165) is 19.3 Å². The zero-order valence-corrected chi connectivity index (χ0v) is 9.66. The van der Waals surface area contributed by atoms with E-state index in [1.165, 1.54) is 0 Å². The first-order valence-corrected chi connectivity index (χ1v) is 5.88. The van der Waals surface area contributed by atoms with Crippen molar-refractivity contribution in [1.82, 2.24) is 10.2 Å². The molecule has 16 heavy (non-hydrogen) atoms. The minimum atomic E-state index is -0.357. The summed E-state index contributed by atoms with van der Waals surface area (Å²) in [5.74, 6) is -0.0520. The molecule has 2 rings (SSSR count). The molecule has 1 heterocycles. The lowest BCUT2D eigenvalue weighted by molar-refractivity contribution is -0.143. The fraction of sp³-hybridized carbons (Fsp3) is 0.818. The average molecular weight is 225 g/mol. The molecule has 1 saturated heterocycles. The van der Waals surface area contributed by atoms with Crippen LogP contribution in [0.15, 0.2) is 0 Å². The highest BCUT2D eigenvalue weighted by Gasteiger charge is 2.38. The topological polar surface area (TPSA) is 75.4 Å². The van der Waals surface area contributed by atoms with Gasteiger partial charge in [0.2, 0.25) is 11.8 Å². The molecule has 0 aromatic heterocycles. The SMILES string of the molecule is CC1C(=O)NCCN1C(=O)CC1(N)CCC1. The summed E-state index contributed by atoms with van der Waals surface area (Å²) in [5.41, 5.74) is 5.74. The standard InChI is InChI=1S/C11H19N3O2/c1-8-10(16)13-5-6-14(8)9(15)7-11(12)3-2-4-11/h8H,2-7,12H2,1H3,(H,13,16). The van der Waals surface area contributed by atoms with E-state index in [2.05, 4.69) is 5.32 Å². The lowest BCUT2D eigenvalue weighted by atomic mass is 9.75. The third-order valence-electron chi connectivity index (χ3n) is 3.67. The van der Waals surface area contributed by atoms with Gasteiger partial charge in [-0.05, 0) is 26.2 Å². The second-order valence-electron chi connectivity index (χ2n) is 4.95. The first-order chi connectivity index (χ1) is 7.52. The molecule has 2 fully saturated rings. The van der Waals surface area contributed by atoms with Crippen LogP contribution in [0.25, 0.3) is 0 Å². The van der Waals surface area contributed by atoms with Gasteiger partial charge >= 0.3 is 0 Å². The second kappa shape index (κ2) is 4.05. The summed E-state index contributed by atoms with van der Waals surface area (Å²) in [6.07, 6.45) is 3.34. The van der Waals surface area contributed by atoms with Gasteiger partial charge in [0, 0.05) is 25.0 Å². The Labute approximate surface area is 95.3 Å². The number of hydrogen-bond donors (Lipinski definition) is 2. The Hall–Kier alpha value is -1.10. The molecular formula is C11H19N3O2. The van der Waals surface area contributed by atoms with E-state index >= 15 is 0 Å². The molecule has 0 aromatic carbocycles. The summed E-state index contributed by atoms with van der Waals surface area (Å²) in [6, 6.07) is -0.357. The Bertz CT molecular complexity index is 312. The van der Waals surface area contributed by atoms with E-state index in [1.807, 2.05) is 0 Å². The second-order valence-corrected chi connectivity index (χ2v) is 4.95.